The lowest BCUT2D eigenvalue weighted by molar-refractivity contribution is 0.627. The Morgan fingerprint density at radius 3 is 2.50 bits per heavy atom. The first-order chi connectivity index (χ1) is 5.81. The van der Waals surface area contributed by atoms with E-state index in [0.29, 0.717) is 5.92 Å². The molecule has 1 aromatic rings. The second kappa shape index (κ2) is 2.60. The number of hydrogen-bond acceptors (Lipinski definition) is 1. The number of benzene rings is 1. The number of halogens is 1. The monoisotopic (exact) mass is 161 g/mol. The highest BCUT2D eigenvalue weighted by molar-refractivity contribution is 5.29. The molecule has 1 fully saturated rings. The minimum atomic E-state index is -0.215. The summed E-state index contributed by atoms with van der Waals surface area (Å²) in [5, 5.41) is 8.57. The van der Waals surface area contributed by atoms with E-state index in [2.05, 4.69) is 6.07 Å². The van der Waals surface area contributed by atoms with E-state index < -0.39 is 0 Å². The molecule has 2 rings (SSSR count). The third-order valence-corrected chi connectivity index (χ3v) is 2.25. The molecule has 12 heavy (non-hydrogen) atoms. The second-order valence-corrected chi connectivity index (χ2v) is 3.13. The highest BCUT2D eigenvalue weighted by atomic mass is 19.1. The molecule has 0 spiro atoms. The summed E-state index contributed by atoms with van der Waals surface area (Å²) in [5.74, 6) is 0.305. The van der Waals surface area contributed by atoms with E-state index in [4.69, 9.17) is 5.26 Å². The molecule has 0 aromatic heterocycles. The standard InChI is InChI=1S/C10H8FN/c11-9-3-1-7(2-4-9)10-5-8(10)6-12/h1-4,8,10H,5H2/t8-,10+/m0/s1. The van der Waals surface area contributed by atoms with Crippen LogP contribution in [0.2, 0.25) is 0 Å². The summed E-state index contributed by atoms with van der Waals surface area (Å²) in [5.41, 5.74) is 1.09. The average Bonchev–Trinajstić information content (AvgIpc) is 2.85. The number of rotatable bonds is 1. The largest absolute Gasteiger partial charge is 0.207 e. The number of nitriles is 1. The molecule has 0 aliphatic heterocycles. The Kier molecular flexibility index (Phi) is 1.58. The van der Waals surface area contributed by atoms with Gasteiger partial charge in [0.15, 0.2) is 0 Å². The van der Waals surface area contributed by atoms with Crippen molar-refractivity contribution in [3.63, 3.8) is 0 Å². The Hall–Kier alpha value is -1.36. The first-order valence-electron chi connectivity index (χ1n) is 3.96. The van der Waals surface area contributed by atoms with E-state index in [1.165, 1.54) is 12.1 Å². The van der Waals surface area contributed by atoms with Crippen molar-refractivity contribution in [3.05, 3.63) is 35.6 Å². The van der Waals surface area contributed by atoms with E-state index in [1.807, 2.05) is 0 Å². The van der Waals surface area contributed by atoms with Crippen molar-refractivity contribution in [3.8, 4) is 6.07 Å². The molecule has 1 aliphatic rings. The van der Waals surface area contributed by atoms with Crippen molar-refractivity contribution < 1.29 is 4.39 Å². The van der Waals surface area contributed by atoms with E-state index in [-0.39, 0.29) is 11.7 Å². The van der Waals surface area contributed by atoms with Crippen molar-refractivity contribution >= 4 is 0 Å². The molecule has 1 aromatic carbocycles. The fraction of sp³-hybridized carbons (Fsp3) is 0.300. The zero-order chi connectivity index (χ0) is 8.55. The molecule has 1 saturated carbocycles. The lowest BCUT2D eigenvalue weighted by Gasteiger charge is -1.95. The third kappa shape index (κ3) is 1.18. The normalized spacial score (nSPS) is 26.3. The van der Waals surface area contributed by atoms with Crippen molar-refractivity contribution in [2.45, 2.75) is 12.3 Å². The Bertz CT molecular complexity index is 323. The first-order valence-corrected chi connectivity index (χ1v) is 3.96. The van der Waals surface area contributed by atoms with Crippen LogP contribution in [-0.2, 0) is 0 Å². The summed E-state index contributed by atoms with van der Waals surface area (Å²) in [7, 11) is 0. The van der Waals surface area contributed by atoms with Crippen LogP contribution >= 0.6 is 0 Å². The van der Waals surface area contributed by atoms with Gasteiger partial charge in [0.1, 0.15) is 5.82 Å². The number of hydrogen-bond donors (Lipinski definition) is 0. The zero-order valence-electron chi connectivity index (χ0n) is 6.50. The maximum atomic E-state index is 12.5. The lowest BCUT2D eigenvalue weighted by Crippen LogP contribution is -1.81. The van der Waals surface area contributed by atoms with Gasteiger partial charge in [-0.15, -0.1) is 0 Å². The van der Waals surface area contributed by atoms with Gasteiger partial charge in [-0.05, 0) is 24.1 Å². The zero-order valence-corrected chi connectivity index (χ0v) is 6.50. The van der Waals surface area contributed by atoms with Crippen LogP contribution in [0.3, 0.4) is 0 Å². The Morgan fingerprint density at radius 1 is 1.33 bits per heavy atom. The van der Waals surface area contributed by atoms with Crippen molar-refractivity contribution in [1.29, 1.82) is 5.26 Å². The molecular formula is C10H8FN. The maximum absolute atomic E-state index is 12.5. The van der Waals surface area contributed by atoms with Crippen LogP contribution in [-0.4, -0.2) is 0 Å². The van der Waals surface area contributed by atoms with Gasteiger partial charge in [-0.3, -0.25) is 0 Å². The topological polar surface area (TPSA) is 23.8 Å². The second-order valence-electron chi connectivity index (χ2n) is 3.13. The molecule has 1 nitrogen and oxygen atoms in total. The summed E-state index contributed by atoms with van der Waals surface area (Å²) in [6, 6.07) is 8.62. The molecule has 0 radical (unpaired) electrons. The summed E-state index contributed by atoms with van der Waals surface area (Å²) >= 11 is 0. The molecule has 0 amide bonds. The van der Waals surface area contributed by atoms with Gasteiger partial charge in [0.25, 0.3) is 0 Å². The lowest BCUT2D eigenvalue weighted by atomic mass is 10.1. The van der Waals surface area contributed by atoms with E-state index in [1.54, 1.807) is 12.1 Å². The third-order valence-electron chi connectivity index (χ3n) is 2.25. The van der Waals surface area contributed by atoms with Crippen LogP contribution in [0.25, 0.3) is 0 Å². The van der Waals surface area contributed by atoms with Crippen molar-refractivity contribution in [1.82, 2.24) is 0 Å². The average molecular weight is 161 g/mol. The number of nitrogens with zero attached hydrogens (tertiary/aromatic N) is 1. The Balaban J connectivity index is 2.17. The molecule has 1 aliphatic carbocycles. The molecule has 2 atom stereocenters. The summed E-state index contributed by atoms with van der Waals surface area (Å²) < 4.78 is 12.5. The predicted molar refractivity (Wildman–Crippen MR) is 42.9 cm³/mol. The van der Waals surface area contributed by atoms with Crippen LogP contribution in [0.1, 0.15) is 17.9 Å². The van der Waals surface area contributed by atoms with Gasteiger partial charge in [0, 0.05) is 5.92 Å². The van der Waals surface area contributed by atoms with E-state index >= 15 is 0 Å². The van der Waals surface area contributed by atoms with Gasteiger partial charge in [-0.1, -0.05) is 12.1 Å². The van der Waals surface area contributed by atoms with Gasteiger partial charge >= 0.3 is 0 Å². The SMILES string of the molecule is N#C[C@@H]1C[C@@H]1c1ccc(F)cc1. The Labute approximate surface area is 70.4 Å². The minimum Gasteiger partial charge on any atom is -0.207 e. The van der Waals surface area contributed by atoms with Crippen molar-refractivity contribution in [2.24, 2.45) is 5.92 Å². The minimum absolute atomic E-state index is 0.162. The quantitative estimate of drug-likeness (QED) is 0.620. The summed E-state index contributed by atoms with van der Waals surface area (Å²) in [6.45, 7) is 0. The molecule has 0 heterocycles. The van der Waals surface area contributed by atoms with Gasteiger partial charge < -0.3 is 0 Å². The molecule has 0 saturated heterocycles. The molecule has 60 valence electrons. The van der Waals surface area contributed by atoms with Crippen molar-refractivity contribution in [2.75, 3.05) is 0 Å². The molecule has 2 heteroatoms. The fourth-order valence-corrected chi connectivity index (χ4v) is 1.42. The van der Waals surface area contributed by atoms with Crippen LogP contribution in [0, 0.1) is 23.1 Å². The van der Waals surface area contributed by atoms with Gasteiger partial charge in [0.2, 0.25) is 0 Å². The van der Waals surface area contributed by atoms with E-state index in [0.717, 1.165) is 12.0 Å². The summed E-state index contributed by atoms with van der Waals surface area (Å²) in [6.07, 6.45) is 0.933. The highest BCUT2D eigenvalue weighted by Crippen LogP contribution is 2.46. The Morgan fingerprint density at radius 2 is 2.00 bits per heavy atom. The van der Waals surface area contributed by atoms with Gasteiger partial charge in [0.05, 0.1) is 12.0 Å². The van der Waals surface area contributed by atoms with Crippen LogP contribution in [0.5, 0.6) is 0 Å². The fourth-order valence-electron chi connectivity index (χ4n) is 1.42. The van der Waals surface area contributed by atoms with Crippen LogP contribution in [0.4, 0.5) is 4.39 Å². The highest BCUT2D eigenvalue weighted by Gasteiger charge is 2.38. The van der Waals surface area contributed by atoms with Gasteiger partial charge in [-0.25, -0.2) is 4.39 Å². The molecular weight excluding hydrogens is 153 g/mol. The molecule has 0 bridgehead atoms. The van der Waals surface area contributed by atoms with E-state index in [9.17, 15) is 4.39 Å². The molecule has 0 N–H and O–H groups in total. The first kappa shape index (κ1) is 7.30. The predicted octanol–water partition coefficient (Wildman–Crippen LogP) is 2.45. The summed E-state index contributed by atoms with van der Waals surface area (Å²) in [4.78, 5) is 0. The maximum Gasteiger partial charge on any atom is 0.123 e. The van der Waals surface area contributed by atoms with Crippen LogP contribution in [0.15, 0.2) is 24.3 Å². The molecule has 0 unspecified atom stereocenters. The smallest absolute Gasteiger partial charge is 0.123 e. The van der Waals surface area contributed by atoms with Crippen LogP contribution < -0.4 is 0 Å². The van der Waals surface area contributed by atoms with Gasteiger partial charge in [-0.2, -0.15) is 5.26 Å².